The van der Waals surface area contributed by atoms with Crippen molar-refractivity contribution in [3.63, 3.8) is 0 Å². The molecule has 1 aromatic heterocycles. The Morgan fingerprint density at radius 1 is 1.15 bits per heavy atom. The van der Waals surface area contributed by atoms with E-state index >= 15 is 0 Å². The molecule has 33 heavy (non-hydrogen) atoms. The molecular weight excluding hydrogens is 432 g/mol. The summed E-state index contributed by atoms with van der Waals surface area (Å²) in [6.07, 6.45) is 13.4. The second-order valence-corrected chi connectivity index (χ2v) is 11.7. The predicted molar refractivity (Wildman–Crippen MR) is 132 cm³/mol. The molecule has 0 spiro atoms. The normalized spacial score (nSPS) is 30.2. The number of carbonyl (C=O) groups excluding carboxylic acids is 1. The lowest BCUT2D eigenvalue weighted by Crippen LogP contribution is -2.47. The lowest BCUT2D eigenvalue weighted by molar-refractivity contribution is -0.124. The number of carbonyl (C=O) groups is 2. The first-order chi connectivity index (χ1) is 15.8. The van der Waals surface area contributed by atoms with Crippen LogP contribution < -0.4 is 4.90 Å². The fourth-order valence-electron chi connectivity index (χ4n) is 5.74. The molecule has 0 bridgehead atoms. The molecule has 1 amide bonds. The molecule has 1 N–H and O–H groups in total. The van der Waals surface area contributed by atoms with Crippen LogP contribution in [0.25, 0.3) is 5.57 Å². The largest absolute Gasteiger partial charge is 0.477 e. The minimum absolute atomic E-state index is 0.0376. The Morgan fingerprint density at radius 2 is 1.85 bits per heavy atom. The van der Waals surface area contributed by atoms with Gasteiger partial charge in [-0.25, -0.2) is 4.79 Å². The number of amides is 1. The van der Waals surface area contributed by atoms with E-state index < -0.39 is 5.97 Å². The van der Waals surface area contributed by atoms with E-state index in [2.05, 4.69) is 19.1 Å². The van der Waals surface area contributed by atoms with Crippen LogP contribution in [-0.2, 0) is 4.79 Å². The van der Waals surface area contributed by atoms with Gasteiger partial charge in [0.15, 0.2) is 0 Å². The van der Waals surface area contributed by atoms with Gasteiger partial charge in [-0.1, -0.05) is 13.0 Å². The molecule has 0 unspecified atom stereocenters. The Kier molecular flexibility index (Phi) is 7.28. The van der Waals surface area contributed by atoms with E-state index in [1.807, 2.05) is 17.9 Å². The van der Waals surface area contributed by atoms with Gasteiger partial charge in [0.25, 0.3) is 0 Å². The van der Waals surface area contributed by atoms with Crippen LogP contribution in [0.1, 0.15) is 105 Å². The number of hydrogen-bond donors (Lipinski definition) is 1. The number of anilines is 1. The van der Waals surface area contributed by atoms with Gasteiger partial charge in [0, 0.05) is 16.8 Å². The minimum atomic E-state index is -0.953. The lowest BCUT2D eigenvalue weighted by Gasteiger charge is -2.41. The Hall–Kier alpha value is -2.13. The number of hydrogen-bond acceptors (Lipinski definition) is 4. The van der Waals surface area contributed by atoms with Crippen molar-refractivity contribution in [3.05, 3.63) is 21.9 Å². The SMILES string of the molecule is C[C@H]1CC[C@H](C(=O)N(c2cc(C3=CCCCC3)sc2C(=O)O)[C@H]2CC[C@](C)(C#N)CC2)CC1. The summed E-state index contributed by atoms with van der Waals surface area (Å²) >= 11 is 1.32. The van der Waals surface area contributed by atoms with Crippen molar-refractivity contribution in [2.75, 3.05) is 4.90 Å². The molecule has 5 nitrogen and oxygen atoms in total. The minimum Gasteiger partial charge on any atom is -0.477 e. The molecule has 4 rings (SSSR count). The van der Waals surface area contributed by atoms with Crippen LogP contribution in [0.2, 0.25) is 0 Å². The van der Waals surface area contributed by atoms with Gasteiger partial charge in [0.2, 0.25) is 5.91 Å². The van der Waals surface area contributed by atoms with Crippen molar-refractivity contribution in [1.82, 2.24) is 0 Å². The molecule has 178 valence electrons. The molecule has 1 aromatic rings. The maximum absolute atomic E-state index is 14.0. The summed E-state index contributed by atoms with van der Waals surface area (Å²) in [5.74, 6) is -0.249. The maximum atomic E-state index is 14.0. The van der Waals surface area contributed by atoms with Crippen LogP contribution in [0.5, 0.6) is 0 Å². The summed E-state index contributed by atoms with van der Waals surface area (Å²) in [6.45, 7) is 4.24. The zero-order valence-electron chi connectivity index (χ0n) is 19.9. The number of carboxylic acid groups (broad SMARTS) is 1. The third-order valence-electron chi connectivity index (χ3n) is 8.07. The maximum Gasteiger partial charge on any atom is 0.348 e. The van der Waals surface area contributed by atoms with Crippen LogP contribution in [0.4, 0.5) is 5.69 Å². The van der Waals surface area contributed by atoms with Gasteiger partial charge < -0.3 is 10.0 Å². The van der Waals surface area contributed by atoms with Crippen LogP contribution in [0.15, 0.2) is 12.1 Å². The number of nitriles is 1. The molecule has 1 heterocycles. The first-order valence-corrected chi connectivity index (χ1v) is 13.4. The summed E-state index contributed by atoms with van der Waals surface area (Å²) in [4.78, 5) is 29.4. The first-order valence-electron chi connectivity index (χ1n) is 12.6. The fourth-order valence-corrected chi connectivity index (χ4v) is 6.80. The van der Waals surface area contributed by atoms with Crippen molar-refractivity contribution < 1.29 is 14.7 Å². The van der Waals surface area contributed by atoms with Crippen molar-refractivity contribution >= 4 is 34.5 Å². The van der Waals surface area contributed by atoms with E-state index in [1.165, 1.54) is 23.3 Å². The number of aromatic carboxylic acids is 1. The molecule has 0 aliphatic heterocycles. The highest BCUT2D eigenvalue weighted by Gasteiger charge is 2.40. The van der Waals surface area contributed by atoms with Crippen molar-refractivity contribution in [3.8, 4) is 6.07 Å². The van der Waals surface area contributed by atoms with E-state index in [0.717, 1.165) is 75.5 Å². The van der Waals surface area contributed by atoms with Crippen LogP contribution in [-0.4, -0.2) is 23.0 Å². The van der Waals surface area contributed by atoms with Gasteiger partial charge in [-0.15, -0.1) is 11.3 Å². The van der Waals surface area contributed by atoms with Crippen LogP contribution in [0, 0.1) is 28.6 Å². The van der Waals surface area contributed by atoms with Gasteiger partial charge in [-0.3, -0.25) is 4.79 Å². The molecule has 3 aliphatic carbocycles. The smallest absolute Gasteiger partial charge is 0.348 e. The molecule has 0 radical (unpaired) electrons. The van der Waals surface area contributed by atoms with E-state index in [1.54, 1.807) is 0 Å². The highest BCUT2D eigenvalue weighted by molar-refractivity contribution is 7.15. The van der Waals surface area contributed by atoms with E-state index in [4.69, 9.17) is 0 Å². The Balaban J connectivity index is 1.70. The third kappa shape index (κ3) is 5.19. The summed E-state index contributed by atoms with van der Waals surface area (Å²) in [7, 11) is 0. The summed E-state index contributed by atoms with van der Waals surface area (Å²) in [6, 6.07) is 4.39. The topological polar surface area (TPSA) is 81.4 Å². The monoisotopic (exact) mass is 468 g/mol. The Bertz CT molecular complexity index is 957. The second-order valence-electron chi connectivity index (χ2n) is 10.7. The van der Waals surface area contributed by atoms with Gasteiger partial charge >= 0.3 is 5.97 Å². The number of nitrogens with zero attached hydrogens (tertiary/aromatic N) is 2. The average Bonchev–Trinajstić information content (AvgIpc) is 3.27. The molecule has 0 saturated heterocycles. The summed E-state index contributed by atoms with van der Waals surface area (Å²) < 4.78 is 0. The molecule has 3 aliphatic rings. The third-order valence-corrected chi connectivity index (χ3v) is 9.26. The number of carboxylic acids is 1. The molecular formula is C27H36N2O3S. The molecule has 2 fully saturated rings. The summed E-state index contributed by atoms with van der Waals surface area (Å²) in [5.41, 5.74) is 1.45. The predicted octanol–water partition coefficient (Wildman–Crippen LogP) is 7.04. The first kappa shape index (κ1) is 24.0. The van der Waals surface area contributed by atoms with Gasteiger partial charge in [0.05, 0.1) is 17.2 Å². The average molecular weight is 469 g/mol. The zero-order valence-corrected chi connectivity index (χ0v) is 20.8. The number of rotatable bonds is 5. The fraction of sp³-hybridized carbons (Fsp3) is 0.667. The molecule has 2 saturated carbocycles. The van der Waals surface area contributed by atoms with Crippen molar-refractivity contribution in [2.45, 2.75) is 96.9 Å². The zero-order chi connectivity index (χ0) is 23.6. The van der Waals surface area contributed by atoms with Gasteiger partial charge in [-0.05, 0) is 102 Å². The molecule has 6 heteroatoms. The van der Waals surface area contributed by atoms with Crippen LogP contribution >= 0.6 is 11.3 Å². The van der Waals surface area contributed by atoms with E-state index in [-0.39, 0.29) is 28.2 Å². The second kappa shape index (κ2) is 10.0. The highest BCUT2D eigenvalue weighted by Crippen LogP contribution is 2.44. The lowest BCUT2D eigenvalue weighted by atomic mass is 9.74. The summed E-state index contributed by atoms with van der Waals surface area (Å²) in [5, 5.41) is 19.7. The highest BCUT2D eigenvalue weighted by atomic mass is 32.1. The standard InChI is InChI=1S/C27H36N2O3S/c1-18-8-10-20(11-9-18)25(30)29(21-12-14-27(2,17-28)15-13-21)22-16-23(33-24(22)26(31)32)19-6-4-3-5-7-19/h6,16,18,20-21H,3-5,7-15H2,1-2H3,(H,31,32)/t18-,20-,21-,27-. The quantitative estimate of drug-likeness (QED) is 0.503. The van der Waals surface area contributed by atoms with Gasteiger partial charge in [-0.2, -0.15) is 5.26 Å². The van der Waals surface area contributed by atoms with E-state index in [0.29, 0.717) is 11.6 Å². The van der Waals surface area contributed by atoms with E-state index in [9.17, 15) is 20.0 Å². The van der Waals surface area contributed by atoms with Crippen molar-refractivity contribution in [1.29, 1.82) is 5.26 Å². The van der Waals surface area contributed by atoms with Crippen molar-refractivity contribution in [2.24, 2.45) is 17.3 Å². The van der Waals surface area contributed by atoms with Crippen LogP contribution in [0.3, 0.4) is 0 Å². The number of thiophene rings is 1. The van der Waals surface area contributed by atoms with Gasteiger partial charge in [0.1, 0.15) is 4.88 Å². The number of allylic oxidation sites excluding steroid dienone is 2. The Labute approximate surface area is 201 Å². The molecule has 0 atom stereocenters. The molecule has 0 aromatic carbocycles. The Morgan fingerprint density at radius 3 is 2.42 bits per heavy atom.